The molecule has 6 nitrogen and oxygen atoms in total. The van der Waals surface area contributed by atoms with Crippen LogP contribution in [0.5, 0.6) is 0 Å². The molecule has 1 aliphatic rings. The summed E-state index contributed by atoms with van der Waals surface area (Å²) in [6.45, 7) is -0.533. The molecule has 3 aromatic rings. The second kappa shape index (κ2) is 8.12. The van der Waals surface area contributed by atoms with E-state index in [9.17, 15) is 23.6 Å². The highest BCUT2D eigenvalue weighted by Gasteiger charge is 2.37. The zero-order valence-corrected chi connectivity index (χ0v) is 16.6. The molecule has 0 saturated carbocycles. The lowest BCUT2D eigenvalue weighted by molar-refractivity contribution is 0.0474. The molecule has 0 aliphatic carbocycles. The van der Waals surface area contributed by atoms with E-state index in [1.165, 1.54) is 36.4 Å². The van der Waals surface area contributed by atoms with Gasteiger partial charge in [0.2, 0.25) is 5.78 Å². The fourth-order valence-electron chi connectivity index (χ4n) is 3.17. The molecule has 0 N–H and O–H groups in total. The minimum Gasteiger partial charge on any atom is -0.454 e. The maximum Gasteiger partial charge on any atom is 0.338 e. The van der Waals surface area contributed by atoms with E-state index in [0.29, 0.717) is 0 Å². The van der Waals surface area contributed by atoms with Gasteiger partial charge in [-0.3, -0.25) is 14.4 Å². The molecule has 0 spiro atoms. The Labute approximate surface area is 180 Å². The van der Waals surface area contributed by atoms with E-state index in [-0.39, 0.29) is 33.0 Å². The predicted octanol–water partition coefficient (Wildman–Crippen LogP) is 4.32. The third kappa shape index (κ3) is 3.83. The highest BCUT2D eigenvalue weighted by Crippen LogP contribution is 2.29. The molecule has 8 heteroatoms. The van der Waals surface area contributed by atoms with Crippen molar-refractivity contribution in [1.29, 1.82) is 0 Å². The van der Waals surface area contributed by atoms with Gasteiger partial charge in [0.15, 0.2) is 6.61 Å². The van der Waals surface area contributed by atoms with Crippen LogP contribution < -0.4 is 4.90 Å². The minimum atomic E-state index is -0.830. The van der Waals surface area contributed by atoms with Crippen LogP contribution in [-0.4, -0.2) is 30.2 Å². The summed E-state index contributed by atoms with van der Waals surface area (Å²) in [6, 6.07) is 15.2. The van der Waals surface area contributed by atoms with Gasteiger partial charge in [0, 0.05) is 5.56 Å². The van der Waals surface area contributed by atoms with Crippen molar-refractivity contribution in [2.75, 3.05) is 11.5 Å². The molecule has 0 radical (unpaired) electrons. The Balaban J connectivity index is 1.52. The monoisotopic (exact) mass is 437 g/mol. The van der Waals surface area contributed by atoms with Gasteiger partial charge in [-0.05, 0) is 54.6 Å². The molecule has 4 rings (SSSR count). The first-order valence-corrected chi connectivity index (χ1v) is 9.48. The molecule has 0 saturated heterocycles. The van der Waals surface area contributed by atoms with Crippen molar-refractivity contribution in [3.8, 4) is 0 Å². The Morgan fingerprint density at radius 1 is 0.903 bits per heavy atom. The van der Waals surface area contributed by atoms with Gasteiger partial charge in [-0.2, -0.15) is 0 Å². The van der Waals surface area contributed by atoms with Crippen molar-refractivity contribution in [2.45, 2.75) is 0 Å². The number of benzene rings is 3. The maximum absolute atomic E-state index is 13.2. The van der Waals surface area contributed by atoms with E-state index in [0.717, 1.165) is 17.0 Å². The molecule has 31 heavy (non-hydrogen) atoms. The van der Waals surface area contributed by atoms with Crippen LogP contribution in [0.4, 0.5) is 10.1 Å². The first-order valence-electron chi connectivity index (χ1n) is 9.10. The first kappa shape index (κ1) is 20.4. The summed E-state index contributed by atoms with van der Waals surface area (Å²) in [5, 5.41) is 0.242. The minimum absolute atomic E-state index is 0.00724. The Hall–Kier alpha value is -3.84. The molecular formula is C23H13ClFNO5. The number of nitrogens with zero attached hydrogens (tertiary/aromatic N) is 1. The summed E-state index contributed by atoms with van der Waals surface area (Å²) < 4.78 is 18.2. The van der Waals surface area contributed by atoms with Crippen molar-refractivity contribution >= 4 is 40.9 Å². The molecule has 0 aromatic heterocycles. The van der Waals surface area contributed by atoms with Gasteiger partial charge >= 0.3 is 5.97 Å². The largest absolute Gasteiger partial charge is 0.454 e. The number of anilines is 1. The van der Waals surface area contributed by atoms with Crippen molar-refractivity contribution in [2.24, 2.45) is 0 Å². The number of amides is 2. The summed E-state index contributed by atoms with van der Waals surface area (Å²) in [5.74, 6) is -3.04. The average molecular weight is 438 g/mol. The number of hydrogen-bond donors (Lipinski definition) is 0. The Bertz CT molecular complexity index is 1240. The van der Waals surface area contributed by atoms with Crippen LogP contribution in [0.15, 0.2) is 66.7 Å². The fourth-order valence-corrected chi connectivity index (χ4v) is 3.41. The summed E-state index contributed by atoms with van der Waals surface area (Å²) >= 11 is 5.96. The van der Waals surface area contributed by atoms with Gasteiger partial charge < -0.3 is 4.74 Å². The second-order valence-electron chi connectivity index (χ2n) is 6.66. The SMILES string of the molecule is O=C(OCC(=O)c1ccccc1Cl)c1ccc2c(c1)C(=O)N(c1ccc(F)cc1)C2=O. The molecule has 0 fully saturated rings. The van der Waals surface area contributed by atoms with E-state index in [4.69, 9.17) is 16.3 Å². The number of Topliss-reactive ketones (excluding diaryl/α,β-unsaturated/α-hetero) is 1. The summed E-state index contributed by atoms with van der Waals surface area (Å²) in [5.41, 5.74) is 0.565. The van der Waals surface area contributed by atoms with E-state index in [1.54, 1.807) is 18.2 Å². The number of carbonyl (C=O) groups excluding carboxylic acids is 4. The third-order valence-electron chi connectivity index (χ3n) is 4.72. The van der Waals surface area contributed by atoms with Gasteiger partial charge in [0.25, 0.3) is 11.8 Å². The number of hydrogen-bond acceptors (Lipinski definition) is 5. The maximum atomic E-state index is 13.2. The van der Waals surface area contributed by atoms with Crippen LogP contribution in [0.25, 0.3) is 0 Å². The number of imide groups is 1. The standard InChI is InChI=1S/C23H13ClFNO5/c24-19-4-2-1-3-17(19)20(27)12-31-23(30)13-5-10-16-18(11-13)22(29)26(21(16)28)15-8-6-14(25)7-9-15/h1-11H,12H2. The highest BCUT2D eigenvalue weighted by atomic mass is 35.5. The van der Waals surface area contributed by atoms with Crippen LogP contribution in [-0.2, 0) is 4.74 Å². The van der Waals surface area contributed by atoms with Gasteiger partial charge in [0.05, 0.1) is 27.4 Å². The Kier molecular flexibility index (Phi) is 5.35. The van der Waals surface area contributed by atoms with E-state index >= 15 is 0 Å². The van der Waals surface area contributed by atoms with E-state index in [1.807, 2.05) is 0 Å². The number of ketones is 1. The van der Waals surface area contributed by atoms with E-state index < -0.39 is 36.0 Å². The summed E-state index contributed by atoms with van der Waals surface area (Å²) in [7, 11) is 0. The van der Waals surface area contributed by atoms with Gasteiger partial charge in [-0.25, -0.2) is 14.1 Å². The topological polar surface area (TPSA) is 80.8 Å². The summed E-state index contributed by atoms with van der Waals surface area (Å²) in [6.07, 6.45) is 0. The quantitative estimate of drug-likeness (QED) is 0.337. The van der Waals surface area contributed by atoms with Crippen molar-refractivity contribution in [1.82, 2.24) is 0 Å². The zero-order chi connectivity index (χ0) is 22.1. The van der Waals surface area contributed by atoms with Crippen LogP contribution in [0.1, 0.15) is 41.4 Å². The van der Waals surface area contributed by atoms with Gasteiger partial charge in [-0.15, -0.1) is 0 Å². The predicted molar refractivity (Wildman–Crippen MR) is 110 cm³/mol. The van der Waals surface area contributed by atoms with E-state index in [2.05, 4.69) is 0 Å². The van der Waals surface area contributed by atoms with Crippen LogP contribution in [0.2, 0.25) is 5.02 Å². The zero-order valence-electron chi connectivity index (χ0n) is 15.8. The normalized spacial score (nSPS) is 12.6. The molecule has 1 heterocycles. The van der Waals surface area contributed by atoms with Crippen LogP contribution in [0, 0.1) is 5.82 Å². The molecular weight excluding hydrogens is 425 g/mol. The van der Waals surface area contributed by atoms with Gasteiger partial charge in [-0.1, -0.05) is 23.7 Å². The van der Waals surface area contributed by atoms with Crippen molar-refractivity contribution < 1.29 is 28.3 Å². The number of esters is 1. The molecule has 154 valence electrons. The highest BCUT2D eigenvalue weighted by molar-refractivity contribution is 6.35. The number of rotatable bonds is 5. The Morgan fingerprint density at radius 2 is 1.58 bits per heavy atom. The second-order valence-corrected chi connectivity index (χ2v) is 7.07. The molecule has 0 bridgehead atoms. The lowest BCUT2D eigenvalue weighted by Gasteiger charge is -2.13. The Morgan fingerprint density at radius 3 is 2.29 bits per heavy atom. The molecule has 2 amide bonds. The fraction of sp³-hybridized carbons (Fsp3) is 0.0435. The third-order valence-corrected chi connectivity index (χ3v) is 5.05. The molecule has 3 aromatic carbocycles. The number of ether oxygens (including phenoxy) is 1. The average Bonchev–Trinajstić information content (AvgIpc) is 3.02. The molecule has 0 atom stereocenters. The molecule has 1 aliphatic heterocycles. The molecule has 0 unspecified atom stereocenters. The van der Waals surface area contributed by atoms with Crippen molar-refractivity contribution in [3.05, 3.63) is 99.8 Å². The van der Waals surface area contributed by atoms with Crippen LogP contribution >= 0.6 is 11.6 Å². The van der Waals surface area contributed by atoms with Gasteiger partial charge in [0.1, 0.15) is 5.82 Å². The lowest BCUT2D eigenvalue weighted by Crippen LogP contribution is -2.29. The lowest BCUT2D eigenvalue weighted by atomic mass is 10.1. The summed E-state index contributed by atoms with van der Waals surface area (Å²) in [4.78, 5) is 50.9. The number of carbonyl (C=O) groups is 4. The van der Waals surface area contributed by atoms with Crippen molar-refractivity contribution in [3.63, 3.8) is 0 Å². The van der Waals surface area contributed by atoms with Crippen LogP contribution in [0.3, 0.4) is 0 Å². The first-order chi connectivity index (χ1) is 14.9. The number of fused-ring (bicyclic) bond motifs is 1. The smallest absolute Gasteiger partial charge is 0.338 e. The number of halogens is 2.